The van der Waals surface area contributed by atoms with Gasteiger partial charge < -0.3 is 14.5 Å². The van der Waals surface area contributed by atoms with Crippen molar-refractivity contribution in [3.05, 3.63) is 234 Å². The van der Waals surface area contributed by atoms with Crippen molar-refractivity contribution in [1.29, 1.82) is 0 Å². The van der Waals surface area contributed by atoms with Gasteiger partial charge in [0.25, 0.3) is 0 Å². The van der Waals surface area contributed by atoms with E-state index < -0.39 is 6.17 Å². The van der Waals surface area contributed by atoms with Crippen LogP contribution in [0.1, 0.15) is 35.4 Å². The molecule has 1 N–H and O–H groups in total. The predicted molar refractivity (Wildman–Crippen MR) is 253 cm³/mol. The summed E-state index contributed by atoms with van der Waals surface area (Å²) in [5, 5.41) is 5.88. The summed E-state index contributed by atoms with van der Waals surface area (Å²) in [5.74, 6) is 2.30. The molecule has 6 aromatic rings. The molecule has 12 rings (SSSR count). The minimum absolute atomic E-state index is 0.0449. The molecule has 7 atom stereocenters. The van der Waals surface area contributed by atoms with E-state index in [2.05, 4.69) is 206 Å². The van der Waals surface area contributed by atoms with Gasteiger partial charge in [0.2, 0.25) is 0 Å². The molecule has 1 saturated heterocycles. The van der Waals surface area contributed by atoms with E-state index in [-0.39, 0.29) is 35.9 Å². The highest BCUT2D eigenvalue weighted by atomic mass is 16.5. The Morgan fingerprint density at radius 1 is 0.629 bits per heavy atom. The van der Waals surface area contributed by atoms with Crippen LogP contribution in [0, 0.1) is 17.8 Å². The fourth-order valence-electron chi connectivity index (χ4n) is 10.3. The number of fused-ring (bicyclic) bond motifs is 6. The van der Waals surface area contributed by atoms with E-state index in [9.17, 15) is 0 Å². The van der Waals surface area contributed by atoms with Gasteiger partial charge in [0, 0.05) is 40.0 Å². The number of nitrogens with zero attached hydrogens (tertiary/aromatic N) is 2. The van der Waals surface area contributed by atoms with Gasteiger partial charge in [-0.2, -0.15) is 0 Å². The van der Waals surface area contributed by atoms with E-state index in [1.54, 1.807) is 0 Å². The SMILES string of the molecule is C1=CCC(C2=NC(C3=CC=CC4OC5C=CC(C6=CC(c7ccccc7)CC(c7ccccc7)=C6)=CC5C34)N=C(c3cccc4oc5ccc(-c6ccccc6)cc5c34)N2)C=C1. The molecule has 0 bridgehead atoms. The molecule has 5 heteroatoms. The molecule has 0 radical (unpaired) electrons. The second-order valence-corrected chi connectivity index (χ2v) is 17.1. The number of furan rings is 1. The van der Waals surface area contributed by atoms with Gasteiger partial charge in [0.15, 0.2) is 6.17 Å². The zero-order valence-corrected chi connectivity index (χ0v) is 34.2. The molecule has 1 aromatic heterocycles. The molecule has 3 heterocycles. The Balaban J connectivity index is 0.944. The fraction of sp³-hybridized carbons (Fsp3) is 0.158. The van der Waals surface area contributed by atoms with Crippen LogP contribution in [-0.4, -0.2) is 30.0 Å². The van der Waals surface area contributed by atoms with Gasteiger partial charge in [-0.1, -0.05) is 182 Å². The Morgan fingerprint density at radius 3 is 2.27 bits per heavy atom. The van der Waals surface area contributed by atoms with Crippen molar-refractivity contribution < 1.29 is 9.15 Å². The van der Waals surface area contributed by atoms with Crippen LogP contribution >= 0.6 is 0 Å². The van der Waals surface area contributed by atoms with Crippen LogP contribution in [0.25, 0.3) is 38.6 Å². The molecule has 0 saturated carbocycles. The van der Waals surface area contributed by atoms with E-state index in [4.69, 9.17) is 19.1 Å². The lowest BCUT2D eigenvalue weighted by Gasteiger charge is -2.33. The van der Waals surface area contributed by atoms with Crippen molar-refractivity contribution >= 4 is 39.2 Å². The summed E-state index contributed by atoms with van der Waals surface area (Å²) in [6.45, 7) is 0. The van der Waals surface area contributed by atoms with Crippen LogP contribution in [0.4, 0.5) is 0 Å². The lowest BCUT2D eigenvalue weighted by atomic mass is 9.74. The fourth-order valence-corrected chi connectivity index (χ4v) is 10.3. The second kappa shape index (κ2) is 15.4. The molecule has 1 fully saturated rings. The van der Waals surface area contributed by atoms with Crippen LogP contribution in [0.15, 0.2) is 231 Å². The van der Waals surface area contributed by atoms with E-state index in [0.29, 0.717) is 0 Å². The number of rotatable bonds is 7. The Labute approximate surface area is 362 Å². The van der Waals surface area contributed by atoms with Crippen LogP contribution in [-0.2, 0) is 4.74 Å². The molecular weight excluding hydrogens is 759 g/mol. The number of aliphatic imine (C=N–C) groups is 2. The second-order valence-electron chi connectivity index (χ2n) is 17.1. The van der Waals surface area contributed by atoms with Crippen molar-refractivity contribution in [2.45, 2.75) is 37.1 Å². The maximum atomic E-state index is 6.87. The monoisotopic (exact) mass is 803 g/mol. The van der Waals surface area contributed by atoms with Gasteiger partial charge in [0.05, 0.1) is 12.2 Å². The molecule has 300 valence electrons. The molecule has 5 nitrogen and oxygen atoms in total. The largest absolute Gasteiger partial charge is 0.456 e. The number of amidine groups is 2. The van der Waals surface area contributed by atoms with Gasteiger partial charge >= 0.3 is 0 Å². The van der Waals surface area contributed by atoms with E-state index in [0.717, 1.165) is 57.6 Å². The molecule has 2 aliphatic heterocycles. The molecule has 6 aliphatic rings. The average Bonchev–Trinajstić information content (AvgIpc) is 3.93. The molecule has 7 unspecified atom stereocenters. The van der Waals surface area contributed by atoms with E-state index in [1.165, 1.54) is 39.0 Å². The smallest absolute Gasteiger partial charge is 0.166 e. The third kappa shape index (κ3) is 6.61. The highest BCUT2D eigenvalue weighted by Crippen LogP contribution is 2.48. The van der Waals surface area contributed by atoms with Gasteiger partial charge in [-0.3, -0.25) is 0 Å². The van der Waals surface area contributed by atoms with Crippen molar-refractivity contribution in [3.8, 4) is 11.1 Å². The zero-order chi connectivity index (χ0) is 41.0. The van der Waals surface area contributed by atoms with E-state index in [1.807, 2.05) is 0 Å². The predicted octanol–water partition coefficient (Wildman–Crippen LogP) is 12.6. The van der Waals surface area contributed by atoms with Gasteiger partial charge in [-0.15, -0.1) is 0 Å². The quantitative estimate of drug-likeness (QED) is 0.175. The molecule has 0 amide bonds. The standard InChI is InChI=1S/C57H45N3O2/c1-5-15-36(16-6-1)40-27-29-49-47(34-40)53-45(23-13-25-51(53)61-49)56-58-55(39-21-11-4-12-22-39)59-57(60-56)46-24-14-26-52-54(46)48-35-41(28-30-50(48)62-52)44-32-42(37-17-7-2-8-18-37)31-43(33-44)38-19-9-3-10-20-38/h1-21,23-30,32-35,39,42,48,50,52,54,57H,22,31H2,(H,58,59,60). The first kappa shape index (κ1) is 36.7. The molecule has 5 aromatic carbocycles. The summed E-state index contributed by atoms with van der Waals surface area (Å²) >= 11 is 0. The highest BCUT2D eigenvalue weighted by Gasteiger charge is 2.47. The third-order valence-electron chi connectivity index (χ3n) is 13.4. The number of hydrogen-bond acceptors (Lipinski definition) is 5. The molecule has 4 aliphatic carbocycles. The third-order valence-corrected chi connectivity index (χ3v) is 13.4. The van der Waals surface area contributed by atoms with Crippen LogP contribution in [0.5, 0.6) is 0 Å². The van der Waals surface area contributed by atoms with Gasteiger partial charge in [-0.25, -0.2) is 9.98 Å². The van der Waals surface area contributed by atoms with Crippen LogP contribution in [0.2, 0.25) is 0 Å². The molecule has 0 spiro atoms. The van der Waals surface area contributed by atoms with Crippen LogP contribution < -0.4 is 5.32 Å². The van der Waals surface area contributed by atoms with Crippen molar-refractivity contribution in [3.63, 3.8) is 0 Å². The zero-order valence-electron chi connectivity index (χ0n) is 34.2. The van der Waals surface area contributed by atoms with Gasteiger partial charge in [-0.05, 0) is 75.6 Å². The minimum atomic E-state index is -0.433. The maximum Gasteiger partial charge on any atom is 0.166 e. The summed E-state index contributed by atoms with van der Waals surface area (Å²) in [6, 6.07) is 45.1. The van der Waals surface area contributed by atoms with Crippen molar-refractivity contribution in [1.82, 2.24) is 5.32 Å². The number of nitrogens with one attached hydrogen (secondary N) is 1. The van der Waals surface area contributed by atoms with Crippen LogP contribution in [0.3, 0.4) is 0 Å². The normalized spacial score (nSPS) is 26.2. The number of allylic oxidation sites excluding steroid dienone is 11. The topological polar surface area (TPSA) is 59.1 Å². The minimum Gasteiger partial charge on any atom is -0.456 e. The molecular formula is C57H45N3O2. The Kier molecular flexibility index (Phi) is 9.15. The number of benzene rings is 5. The average molecular weight is 804 g/mol. The first-order valence-corrected chi connectivity index (χ1v) is 21.9. The van der Waals surface area contributed by atoms with Crippen molar-refractivity contribution in [2.24, 2.45) is 27.7 Å². The summed E-state index contributed by atoms with van der Waals surface area (Å²) in [5.41, 5.74) is 12.7. The van der Waals surface area contributed by atoms with Crippen molar-refractivity contribution in [2.75, 3.05) is 0 Å². The first-order chi connectivity index (χ1) is 30.7. The summed E-state index contributed by atoms with van der Waals surface area (Å²) in [7, 11) is 0. The first-order valence-electron chi connectivity index (χ1n) is 21.9. The van der Waals surface area contributed by atoms with E-state index >= 15 is 0 Å². The lowest BCUT2D eigenvalue weighted by Crippen LogP contribution is -2.42. The highest BCUT2D eigenvalue weighted by molar-refractivity contribution is 6.22. The lowest BCUT2D eigenvalue weighted by molar-refractivity contribution is 0.0870. The Hall–Kier alpha value is -7.08. The maximum absolute atomic E-state index is 6.87. The number of hydrogen-bond donors (Lipinski definition) is 1. The summed E-state index contributed by atoms with van der Waals surface area (Å²) in [6.07, 6.45) is 28.5. The molecule has 62 heavy (non-hydrogen) atoms. The Morgan fingerprint density at radius 2 is 1.45 bits per heavy atom. The summed E-state index contributed by atoms with van der Waals surface area (Å²) in [4.78, 5) is 11.0. The van der Waals surface area contributed by atoms with Gasteiger partial charge in [0.1, 0.15) is 22.8 Å². The summed E-state index contributed by atoms with van der Waals surface area (Å²) < 4.78 is 13.4. The Bertz CT molecular complexity index is 3050. The number of ether oxygens (including phenoxy) is 1.